The summed E-state index contributed by atoms with van der Waals surface area (Å²) in [5.74, 6) is 0. The van der Waals surface area contributed by atoms with Gasteiger partial charge in [0.25, 0.3) is 0 Å². The zero-order valence-corrected chi connectivity index (χ0v) is 5.52. The highest BCUT2D eigenvalue weighted by atomic mass is 19.1. The fraction of sp³-hybridized carbons (Fsp3) is 1.00. The maximum absolute atomic E-state index is 11.7. The fourth-order valence-corrected chi connectivity index (χ4v) is 1.19. The van der Waals surface area contributed by atoms with Gasteiger partial charge in [0.05, 0.1) is 0 Å². The van der Waals surface area contributed by atoms with Crippen LogP contribution in [0.2, 0.25) is 0 Å². The second-order valence-electron chi connectivity index (χ2n) is 2.54. The Morgan fingerprint density at radius 3 is 2.89 bits per heavy atom. The van der Waals surface area contributed by atoms with E-state index in [-0.39, 0.29) is 12.7 Å². The van der Waals surface area contributed by atoms with Crippen LogP contribution in [0.1, 0.15) is 6.42 Å². The monoisotopic (exact) mass is 132 g/mol. The lowest BCUT2D eigenvalue weighted by molar-refractivity contribution is 0.294. The SMILES string of the molecule is NC1CCN(CCF)C1. The molecule has 0 amide bonds. The van der Waals surface area contributed by atoms with Crippen molar-refractivity contribution < 1.29 is 4.39 Å². The van der Waals surface area contributed by atoms with Gasteiger partial charge in [0.2, 0.25) is 0 Å². The third kappa shape index (κ3) is 1.91. The van der Waals surface area contributed by atoms with E-state index < -0.39 is 0 Å². The number of nitrogens with zero attached hydrogens (tertiary/aromatic N) is 1. The van der Waals surface area contributed by atoms with Crippen LogP contribution in [-0.2, 0) is 0 Å². The van der Waals surface area contributed by atoms with Gasteiger partial charge in [0.1, 0.15) is 6.67 Å². The van der Waals surface area contributed by atoms with Gasteiger partial charge >= 0.3 is 0 Å². The Bertz CT molecular complexity index is 85.1. The van der Waals surface area contributed by atoms with E-state index in [4.69, 9.17) is 5.73 Å². The predicted molar refractivity (Wildman–Crippen MR) is 35.0 cm³/mol. The summed E-state index contributed by atoms with van der Waals surface area (Å²) in [5, 5.41) is 0. The molecule has 0 bridgehead atoms. The molecule has 1 atom stereocenters. The van der Waals surface area contributed by atoms with Crippen LogP contribution in [0.3, 0.4) is 0 Å². The van der Waals surface area contributed by atoms with Crippen molar-refractivity contribution in [2.45, 2.75) is 12.5 Å². The summed E-state index contributed by atoms with van der Waals surface area (Å²) in [4.78, 5) is 2.06. The lowest BCUT2D eigenvalue weighted by Gasteiger charge is -2.10. The second-order valence-corrected chi connectivity index (χ2v) is 2.54. The summed E-state index contributed by atoms with van der Waals surface area (Å²) in [6, 6.07) is 0.288. The number of likely N-dealkylation sites (tertiary alicyclic amines) is 1. The van der Waals surface area contributed by atoms with Crippen molar-refractivity contribution in [3.63, 3.8) is 0 Å². The number of alkyl halides is 1. The molecule has 0 aromatic carbocycles. The minimum absolute atomic E-state index is 0.243. The van der Waals surface area contributed by atoms with Crippen LogP contribution in [0.4, 0.5) is 4.39 Å². The van der Waals surface area contributed by atoms with Gasteiger partial charge in [-0.05, 0) is 13.0 Å². The molecule has 0 aliphatic carbocycles. The number of rotatable bonds is 2. The molecule has 0 saturated carbocycles. The molecular formula is C6H13FN2. The predicted octanol–water partition coefficient (Wildman–Crippen LogP) is -0.0111. The molecule has 1 heterocycles. The molecule has 1 aliphatic rings. The van der Waals surface area contributed by atoms with Gasteiger partial charge in [-0.15, -0.1) is 0 Å². The van der Waals surface area contributed by atoms with E-state index >= 15 is 0 Å². The molecule has 0 aromatic heterocycles. The first-order valence-corrected chi connectivity index (χ1v) is 3.37. The first-order valence-electron chi connectivity index (χ1n) is 3.37. The van der Waals surface area contributed by atoms with Crippen molar-refractivity contribution in [1.29, 1.82) is 0 Å². The average Bonchev–Trinajstić information content (AvgIpc) is 2.17. The minimum atomic E-state index is -0.243. The molecule has 54 valence electrons. The molecule has 1 saturated heterocycles. The van der Waals surface area contributed by atoms with Crippen LogP contribution in [0.5, 0.6) is 0 Å². The van der Waals surface area contributed by atoms with E-state index in [1.165, 1.54) is 0 Å². The number of nitrogens with two attached hydrogens (primary N) is 1. The highest BCUT2D eigenvalue weighted by molar-refractivity contribution is 4.76. The Balaban J connectivity index is 2.14. The van der Waals surface area contributed by atoms with Gasteiger partial charge < -0.3 is 5.73 Å². The molecule has 3 heteroatoms. The third-order valence-corrected chi connectivity index (χ3v) is 1.71. The lowest BCUT2D eigenvalue weighted by Crippen LogP contribution is -2.27. The van der Waals surface area contributed by atoms with E-state index in [0.29, 0.717) is 6.54 Å². The molecule has 1 unspecified atom stereocenters. The summed E-state index contributed by atoms with van der Waals surface area (Å²) >= 11 is 0. The molecular weight excluding hydrogens is 119 g/mol. The highest BCUT2D eigenvalue weighted by Crippen LogP contribution is 2.05. The third-order valence-electron chi connectivity index (χ3n) is 1.71. The van der Waals surface area contributed by atoms with E-state index in [1.54, 1.807) is 0 Å². The van der Waals surface area contributed by atoms with Crippen molar-refractivity contribution in [3.05, 3.63) is 0 Å². The van der Waals surface area contributed by atoms with Gasteiger partial charge in [-0.25, -0.2) is 4.39 Å². The minimum Gasteiger partial charge on any atom is -0.326 e. The molecule has 0 spiro atoms. The summed E-state index contributed by atoms with van der Waals surface area (Å²) in [6.45, 7) is 2.18. The average molecular weight is 132 g/mol. The van der Waals surface area contributed by atoms with Crippen LogP contribution in [0, 0.1) is 0 Å². The number of hydrogen-bond acceptors (Lipinski definition) is 2. The molecule has 2 N–H and O–H groups in total. The number of halogens is 1. The zero-order chi connectivity index (χ0) is 6.69. The van der Waals surface area contributed by atoms with Crippen molar-refractivity contribution in [2.24, 2.45) is 5.73 Å². The van der Waals surface area contributed by atoms with Gasteiger partial charge in [-0.2, -0.15) is 0 Å². The first-order chi connectivity index (χ1) is 4.33. The molecule has 9 heavy (non-hydrogen) atoms. The smallest absolute Gasteiger partial charge is 0.102 e. The van der Waals surface area contributed by atoms with Crippen LogP contribution < -0.4 is 5.73 Å². The van der Waals surface area contributed by atoms with Crippen LogP contribution in [0.15, 0.2) is 0 Å². The topological polar surface area (TPSA) is 29.3 Å². The fourth-order valence-electron chi connectivity index (χ4n) is 1.19. The van der Waals surface area contributed by atoms with Gasteiger partial charge in [-0.1, -0.05) is 0 Å². The van der Waals surface area contributed by atoms with Crippen LogP contribution >= 0.6 is 0 Å². The Labute approximate surface area is 54.8 Å². The van der Waals surface area contributed by atoms with Crippen LogP contribution in [-0.4, -0.2) is 37.3 Å². The summed E-state index contributed by atoms with van der Waals surface area (Å²) in [7, 11) is 0. The van der Waals surface area contributed by atoms with Crippen molar-refractivity contribution in [1.82, 2.24) is 4.90 Å². The Hall–Kier alpha value is -0.150. The highest BCUT2D eigenvalue weighted by Gasteiger charge is 2.17. The quantitative estimate of drug-likeness (QED) is 0.572. The molecule has 1 aliphatic heterocycles. The molecule has 1 rings (SSSR count). The standard InChI is InChI=1S/C6H13FN2/c7-2-4-9-3-1-6(8)5-9/h6H,1-5,8H2. The second kappa shape index (κ2) is 3.13. The van der Waals surface area contributed by atoms with E-state index in [1.807, 2.05) is 0 Å². The summed E-state index contributed by atoms with van der Waals surface area (Å²) < 4.78 is 11.7. The van der Waals surface area contributed by atoms with Gasteiger partial charge in [0, 0.05) is 19.1 Å². The van der Waals surface area contributed by atoms with Crippen molar-refractivity contribution in [3.8, 4) is 0 Å². The molecule has 1 fully saturated rings. The van der Waals surface area contributed by atoms with Crippen molar-refractivity contribution >= 4 is 0 Å². The maximum Gasteiger partial charge on any atom is 0.102 e. The summed E-state index contributed by atoms with van der Waals surface area (Å²) in [6.07, 6.45) is 1.03. The molecule has 2 nitrogen and oxygen atoms in total. The lowest BCUT2D eigenvalue weighted by atomic mass is 10.3. The van der Waals surface area contributed by atoms with Crippen molar-refractivity contribution in [2.75, 3.05) is 26.3 Å². The largest absolute Gasteiger partial charge is 0.326 e. The molecule has 0 radical (unpaired) electrons. The van der Waals surface area contributed by atoms with E-state index in [9.17, 15) is 4.39 Å². The van der Waals surface area contributed by atoms with Gasteiger partial charge in [-0.3, -0.25) is 4.90 Å². The Kier molecular flexibility index (Phi) is 2.42. The Morgan fingerprint density at radius 2 is 2.44 bits per heavy atom. The number of hydrogen-bond donors (Lipinski definition) is 1. The summed E-state index contributed by atoms with van der Waals surface area (Å²) in [5.41, 5.74) is 5.59. The zero-order valence-electron chi connectivity index (χ0n) is 5.52. The van der Waals surface area contributed by atoms with E-state index in [2.05, 4.69) is 4.90 Å². The Morgan fingerprint density at radius 1 is 1.67 bits per heavy atom. The first kappa shape index (κ1) is 6.96. The van der Waals surface area contributed by atoms with Crippen LogP contribution in [0.25, 0.3) is 0 Å². The van der Waals surface area contributed by atoms with E-state index in [0.717, 1.165) is 19.5 Å². The maximum atomic E-state index is 11.7. The normalized spacial score (nSPS) is 29.3. The molecule has 0 aromatic rings. The van der Waals surface area contributed by atoms with Gasteiger partial charge in [0.15, 0.2) is 0 Å².